The highest BCUT2D eigenvalue weighted by molar-refractivity contribution is 5.97. The molecular weight excluding hydrogens is 232 g/mol. The van der Waals surface area contributed by atoms with Crippen molar-refractivity contribution in [1.82, 2.24) is 10.3 Å². The van der Waals surface area contributed by atoms with Crippen molar-refractivity contribution in [3.63, 3.8) is 0 Å². The van der Waals surface area contributed by atoms with Gasteiger partial charge >= 0.3 is 5.97 Å². The molecule has 0 radical (unpaired) electrons. The van der Waals surface area contributed by atoms with Gasteiger partial charge in [0.2, 0.25) is 0 Å². The van der Waals surface area contributed by atoms with E-state index in [0.29, 0.717) is 12.0 Å². The number of carboxylic acids is 1. The number of aryl methyl sites for hydroxylation is 1. The molecule has 1 atom stereocenters. The number of nitrogens with zero attached hydrogens (tertiary/aromatic N) is 1. The number of carbonyl (C=O) groups excluding carboxylic acids is 1. The number of rotatable bonds is 5. The van der Waals surface area contributed by atoms with Crippen molar-refractivity contribution in [1.29, 1.82) is 0 Å². The van der Waals surface area contributed by atoms with E-state index in [0.717, 1.165) is 5.56 Å². The van der Waals surface area contributed by atoms with Gasteiger partial charge in [0.1, 0.15) is 6.04 Å². The third-order valence-corrected chi connectivity index (χ3v) is 2.59. The third kappa shape index (κ3) is 3.84. The number of carbonyl (C=O) groups is 2. The Balaban J connectivity index is 2.79. The summed E-state index contributed by atoms with van der Waals surface area (Å²) in [6.45, 7) is 5.61. The molecule has 0 saturated heterocycles. The monoisotopic (exact) mass is 250 g/mol. The second-order valence-corrected chi connectivity index (χ2v) is 4.68. The molecule has 0 saturated carbocycles. The number of hydrogen-bond donors (Lipinski definition) is 2. The fourth-order valence-electron chi connectivity index (χ4n) is 1.63. The van der Waals surface area contributed by atoms with Crippen LogP contribution in [0.2, 0.25) is 0 Å². The molecule has 2 N–H and O–H groups in total. The lowest BCUT2D eigenvalue weighted by Gasteiger charge is -2.16. The number of nitrogens with one attached hydrogen (secondary N) is 1. The molecule has 0 bridgehead atoms. The summed E-state index contributed by atoms with van der Waals surface area (Å²) in [7, 11) is 0. The Bertz CT molecular complexity index is 444. The van der Waals surface area contributed by atoms with Crippen molar-refractivity contribution in [3.8, 4) is 0 Å². The Labute approximate surface area is 106 Å². The average Bonchev–Trinajstić information content (AvgIpc) is 2.27. The standard InChI is InChI=1S/C13H18N2O3/c1-8(2)6-11(13(17)18)15-12(16)10-7-14-5-4-9(10)3/h4-5,7-8,11H,6H2,1-3H3,(H,15,16)(H,17,18)/t11-/m1/s1. The highest BCUT2D eigenvalue weighted by Gasteiger charge is 2.22. The van der Waals surface area contributed by atoms with E-state index in [1.54, 1.807) is 19.2 Å². The maximum atomic E-state index is 11.9. The minimum absolute atomic E-state index is 0.196. The minimum atomic E-state index is -1.02. The van der Waals surface area contributed by atoms with Crippen LogP contribution in [-0.2, 0) is 4.79 Å². The number of pyridine rings is 1. The van der Waals surface area contributed by atoms with E-state index in [-0.39, 0.29) is 5.92 Å². The second kappa shape index (κ2) is 6.14. The van der Waals surface area contributed by atoms with Crippen LogP contribution in [0.25, 0.3) is 0 Å². The van der Waals surface area contributed by atoms with Crippen LogP contribution in [0.15, 0.2) is 18.5 Å². The second-order valence-electron chi connectivity index (χ2n) is 4.68. The predicted molar refractivity (Wildman–Crippen MR) is 67.3 cm³/mol. The van der Waals surface area contributed by atoms with Gasteiger partial charge in [-0.2, -0.15) is 0 Å². The van der Waals surface area contributed by atoms with Crippen LogP contribution in [0.5, 0.6) is 0 Å². The molecule has 1 amide bonds. The number of aliphatic carboxylic acids is 1. The Morgan fingerprint density at radius 2 is 2.11 bits per heavy atom. The summed E-state index contributed by atoms with van der Waals surface area (Å²) in [6, 6.07) is 0.852. The van der Waals surface area contributed by atoms with E-state index in [9.17, 15) is 9.59 Å². The van der Waals surface area contributed by atoms with Crippen LogP contribution in [0.3, 0.4) is 0 Å². The first-order valence-electron chi connectivity index (χ1n) is 5.86. The summed E-state index contributed by atoms with van der Waals surface area (Å²) < 4.78 is 0. The Morgan fingerprint density at radius 3 is 2.61 bits per heavy atom. The first-order valence-corrected chi connectivity index (χ1v) is 5.86. The summed E-state index contributed by atoms with van der Waals surface area (Å²) in [5.74, 6) is -1.21. The quantitative estimate of drug-likeness (QED) is 0.832. The van der Waals surface area contributed by atoms with Crippen LogP contribution in [0.4, 0.5) is 0 Å². The van der Waals surface area contributed by atoms with E-state index in [4.69, 9.17) is 5.11 Å². The molecule has 0 aliphatic carbocycles. The largest absolute Gasteiger partial charge is 0.480 e. The molecule has 5 heteroatoms. The molecule has 0 unspecified atom stereocenters. The lowest BCUT2D eigenvalue weighted by molar-refractivity contribution is -0.139. The smallest absolute Gasteiger partial charge is 0.326 e. The molecule has 0 aromatic carbocycles. The highest BCUT2D eigenvalue weighted by Crippen LogP contribution is 2.08. The van der Waals surface area contributed by atoms with Gasteiger partial charge in [0, 0.05) is 12.4 Å². The maximum Gasteiger partial charge on any atom is 0.326 e. The predicted octanol–water partition coefficient (Wildman–Crippen LogP) is 1.62. The lowest BCUT2D eigenvalue weighted by Crippen LogP contribution is -2.41. The minimum Gasteiger partial charge on any atom is -0.480 e. The van der Waals surface area contributed by atoms with Crippen molar-refractivity contribution in [2.75, 3.05) is 0 Å². The molecule has 5 nitrogen and oxygen atoms in total. The van der Waals surface area contributed by atoms with Crippen LogP contribution in [-0.4, -0.2) is 28.0 Å². The van der Waals surface area contributed by atoms with Gasteiger partial charge in [0.15, 0.2) is 0 Å². The van der Waals surface area contributed by atoms with Crippen molar-refractivity contribution in [2.45, 2.75) is 33.2 Å². The van der Waals surface area contributed by atoms with Gasteiger partial charge in [-0.05, 0) is 30.9 Å². The van der Waals surface area contributed by atoms with Crippen LogP contribution in [0.1, 0.15) is 36.2 Å². The Morgan fingerprint density at radius 1 is 1.44 bits per heavy atom. The van der Waals surface area contributed by atoms with Gasteiger partial charge in [-0.3, -0.25) is 9.78 Å². The van der Waals surface area contributed by atoms with Crippen molar-refractivity contribution in [2.24, 2.45) is 5.92 Å². The molecule has 1 heterocycles. The van der Waals surface area contributed by atoms with Crippen LogP contribution >= 0.6 is 0 Å². The topological polar surface area (TPSA) is 79.3 Å². The van der Waals surface area contributed by atoms with E-state index in [1.165, 1.54) is 6.20 Å². The summed E-state index contributed by atoms with van der Waals surface area (Å²) in [5, 5.41) is 11.6. The Kier molecular flexibility index (Phi) is 4.83. The Hall–Kier alpha value is -1.91. The van der Waals surface area contributed by atoms with Crippen molar-refractivity contribution < 1.29 is 14.7 Å². The number of carboxylic acid groups (broad SMARTS) is 1. The van der Waals surface area contributed by atoms with Gasteiger partial charge in [-0.1, -0.05) is 13.8 Å². The van der Waals surface area contributed by atoms with Crippen molar-refractivity contribution in [3.05, 3.63) is 29.6 Å². The summed E-state index contributed by atoms with van der Waals surface area (Å²) in [4.78, 5) is 26.9. The fraction of sp³-hybridized carbons (Fsp3) is 0.462. The van der Waals surface area contributed by atoms with Gasteiger partial charge in [0.25, 0.3) is 5.91 Å². The van der Waals surface area contributed by atoms with Crippen molar-refractivity contribution >= 4 is 11.9 Å². The van der Waals surface area contributed by atoms with Gasteiger partial charge < -0.3 is 10.4 Å². The summed E-state index contributed by atoms with van der Waals surface area (Å²) >= 11 is 0. The van der Waals surface area contributed by atoms with Crippen LogP contribution < -0.4 is 5.32 Å². The fourth-order valence-corrected chi connectivity index (χ4v) is 1.63. The number of aromatic nitrogens is 1. The zero-order chi connectivity index (χ0) is 13.7. The highest BCUT2D eigenvalue weighted by atomic mass is 16.4. The average molecular weight is 250 g/mol. The maximum absolute atomic E-state index is 11.9. The molecule has 18 heavy (non-hydrogen) atoms. The summed E-state index contributed by atoms with van der Waals surface area (Å²) in [6.07, 6.45) is 3.44. The van der Waals surface area contributed by atoms with Gasteiger partial charge in [-0.15, -0.1) is 0 Å². The first-order chi connectivity index (χ1) is 8.41. The molecule has 0 aliphatic rings. The molecule has 0 aliphatic heterocycles. The molecular formula is C13H18N2O3. The first kappa shape index (κ1) is 14.2. The van der Waals surface area contributed by atoms with E-state index in [1.807, 2.05) is 13.8 Å². The zero-order valence-corrected chi connectivity index (χ0v) is 10.8. The molecule has 0 spiro atoms. The third-order valence-electron chi connectivity index (χ3n) is 2.59. The van der Waals surface area contributed by atoms with E-state index >= 15 is 0 Å². The molecule has 98 valence electrons. The molecule has 1 rings (SSSR count). The zero-order valence-electron chi connectivity index (χ0n) is 10.8. The number of amides is 1. The van der Waals surface area contributed by atoms with E-state index in [2.05, 4.69) is 10.3 Å². The normalized spacial score (nSPS) is 12.2. The lowest BCUT2D eigenvalue weighted by atomic mass is 10.0. The molecule has 1 aromatic heterocycles. The SMILES string of the molecule is Cc1ccncc1C(=O)N[C@H](CC(C)C)C(=O)O. The van der Waals surface area contributed by atoms with Crippen LogP contribution in [0, 0.1) is 12.8 Å². The molecule has 1 aromatic rings. The van der Waals surface area contributed by atoms with Gasteiger partial charge in [-0.25, -0.2) is 4.79 Å². The van der Waals surface area contributed by atoms with Gasteiger partial charge in [0.05, 0.1) is 5.56 Å². The number of hydrogen-bond acceptors (Lipinski definition) is 3. The van der Waals surface area contributed by atoms with E-state index < -0.39 is 17.9 Å². The molecule has 0 fully saturated rings. The summed E-state index contributed by atoms with van der Waals surface area (Å²) in [5.41, 5.74) is 1.18.